The molecule has 2 aliphatic heterocycles. The molecule has 1 unspecified atom stereocenters. The second kappa shape index (κ2) is 8.38. The van der Waals surface area contributed by atoms with Gasteiger partial charge in [0.1, 0.15) is 17.6 Å². The highest BCUT2D eigenvalue weighted by molar-refractivity contribution is 7.89. The number of para-hydroxylation sites is 2. The molecular formula is C20H23N3O5S. The summed E-state index contributed by atoms with van der Waals surface area (Å²) in [4.78, 5) is 16.6. The van der Waals surface area contributed by atoms with Crippen LogP contribution in [0.5, 0.6) is 11.5 Å². The fourth-order valence-electron chi connectivity index (χ4n) is 3.53. The van der Waals surface area contributed by atoms with Crippen LogP contribution < -0.4 is 14.8 Å². The van der Waals surface area contributed by atoms with Gasteiger partial charge in [0.2, 0.25) is 15.9 Å². The van der Waals surface area contributed by atoms with Gasteiger partial charge in [-0.15, -0.1) is 0 Å². The molecule has 0 radical (unpaired) electrons. The Morgan fingerprint density at radius 3 is 2.62 bits per heavy atom. The number of hydrogen-bond donors (Lipinski definition) is 1. The Balaban J connectivity index is 1.27. The van der Waals surface area contributed by atoms with E-state index in [1.54, 1.807) is 6.07 Å². The first-order valence-electron chi connectivity index (χ1n) is 9.60. The van der Waals surface area contributed by atoms with Crippen LogP contribution in [0.1, 0.15) is 12.8 Å². The van der Waals surface area contributed by atoms with E-state index in [0.29, 0.717) is 50.6 Å². The van der Waals surface area contributed by atoms with Crippen LogP contribution in [0.3, 0.4) is 0 Å². The molecule has 0 aliphatic carbocycles. The minimum atomic E-state index is -3.57. The monoisotopic (exact) mass is 417 g/mol. The molecule has 4 rings (SSSR count). The highest BCUT2D eigenvalue weighted by Crippen LogP contribution is 2.30. The highest BCUT2D eigenvalue weighted by Gasteiger charge is 2.32. The molecule has 9 heteroatoms. The average Bonchev–Trinajstić information content (AvgIpc) is 2.78. The smallest absolute Gasteiger partial charge is 0.244 e. The van der Waals surface area contributed by atoms with Crippen molar-refractivity contribution < 1.29 is 22.7 Å². The van der Waals surface area contributed by atoms with Crippen LogP contribution in [0.25, 0.3) is 0 Å². The first-order chi connectivity index (χ1) is 14.0. The van der Waals surface area contributed by atoms with Gasteiger partial charge < -0.3 is 14.8 Å². The summed E-state index contributed by atoms with van der Waals surface area (Å²) in [6.07, 6.45) is 3.60. The number of benzene rings is 1. The summed E-state index contributed by atoms with van der Waals surface area (Å²) in [6, 6.07) is 10.6. The van der Waals surface area contributed by atoms with Crippen molar-refractivity contribution in [3.05, 3.63) is 48.8 Å². The van der Waals surface area contributed by atoms with E-state index >= 15 is 0 Å². The largest absolute Gasteiger partial charge is 0.486 e. The van der Waals surface area contributed by atoms with E-state index in [2.05, 4.69) is 10.3 Å². The van der Waals surface area contributed by atoms with Crippen molar-refractivity contribution in [1.29, 1.82) is 0 Å². The summed E-state index contributed by atoms with van der Waals surface area (Å²) < 4.78 is 38.2. The summed E-state index contributed by atoms with van der Waals surface area (Å²) in [5.74, 6) is 1.09. The maximum absolute atomic E-state index is 12.7. The van der Waals surface area contributed by atoms with Gasteiger partial charge in [-0.25, -0.2) is 8.42 Å². The van der Waals surface area contributed by atoms with Crippen LogP contribution in [-0.2, 0) is 14.8 Å². The minimum absolute atomic E-state index is 0.0779. The van der Waals surface area contributed by atoms with Gasteiger partial charge in [0.15, 0.2) is 11.5 Å². The topological polar surface area (TPSA) is 97.8 Å². The number of fused-ring (bicyclic) bond motifs is 1. The number of hydrogen-bond acceptors (Lipinski definition) is 6. The van der Waals surface area contributed by atoms with Gasteiger partial charge in [-0.2, -0.15) is 4.31 Å². The third kappa shape index (κ3) is 4.35. The molecule has 1 aromatic heterocycles. The number of ether oxygens (including phenoxy) is 2. The molecule has 1 aromatic carbocycles. The fraction of sp³-hybridized carbons (Fsp3) is 0.400. The molecule has 0 bridgehead atoms. The lowest BCUT2D eigenvalue weighted by atomic mass is 9.97. The Kier molecular flexibility index (Phi) is 5.68. The second-order valence-corrected chi connectivity index (χ2v) is 9.05. The molecular weight excluding hydrogens is 394 g/mol. The summed E-state index contributed by atoms with van der Waals surface area (Å²) in [5.41, 5.74) is 0. The van der Waals surface area contributed by atoms with Crippen molar-refractivity contribution in [3.63, 3.8) is 0 Å². The van der Waals surface area contributed by atoms with E-state index in [1.165, 1.54) is 22.8 Å². The molecule has 1 atom stereocenters. The first kappa shape index (κ1) is 19.7. The van der Waals surface area contributed by atoms with Gasteiger partial charge in [-0.1, -0.05) is 12.1 Å². The number of carbonyl (C=O) groups is 1. The Labute approximate surface area is 169 Å². The average molecular weight is 417 g/mol. The van der Waals surface area contributed by atoms with Gasteiger partial charge in [-0.05, 0) is 37.1 Å². The third-order valence-electron chi connectivity index (χ3n) is 5.17. The van der Waals surface area contributed by atoms with Crippen molar-refractivity contribution in [3.8, 4) is 11.5 Å². The molecule has 0 spiro atoms. The van der Waals surface area contributed by atoms with E-state index in [4.69, 9.17) is 9.47 Å². The van der Waals surface area contributed by atoms with Crippen LogP contribution in [0, 0.1) is 5.92 Å². The number of pyridine rings is 1. The molecule has 1 amide bonds. The Morgan fingerprint density at radius 2 is 1.90 bits per heavy atom. The van der Waals surface area contributed by atoms with Gasteiger partial charge in [0.25, 0.3) is 0 Å². The lowest BCUT2D eigenvalue weighted by Gasteiger charge is -2.31. The number of nitrogens with one attached hydrogen (secondary N) is 1. The fourth-order valence-corrected chi connectivity index (χ4v) is 4.96. The second-order valence-electron chi connectivity index (χ2n) is 7.11. The van der Waals surface area contributed by atoms with Crippen molar-refractivity contribution in [2.45, 2.75) is 23.8 Å². The highest BCUT2D eigenvalue weighted by atomic mass is 32.2. The Bertz CT molecular complexity index is 959. The predicted octanol–water partition coefficient (Wildman–Crippen LogP) is 1.44. The molecule has 29 heavy (non-hydrogen) atoms. The van der Waals surface area contributed by atoms with Crippen LogP contribution in [0.2, 0.25) is 0 Å². The first-order valence-corrected chi connectivity index (χ1v) is 11.0. The minimum Gasteiger partial charge on any atom is -0.486 e. The van der Waals surface area contributed by atoms with Crippen molar-refractivity contribution >= 4 is 15.9 Å². The Morgan fingerprint density at radius 1 is 1.14 bits per heavy atom. The lowest BCUT2D eigenvalue weighted by Crippen LogP contribution is -2.46. The number of nitrogens with zero attached hydrogens (tertiary/aromatic N) is 2. The van der Waals surface area contributed by atoms with E-state index < -0.39 is 10.0 Å². The quantitative estimate of drug-likeness (QED) is 0.791. The molecule has 2 aliphatic rings. The summed E-state index contributed by atoms with van der Waals surface area (Å²) in [5, 5.41) is 2.92. The van der Waals surface area contributed by atoms with E-state index in [0.717, 1.165) is 0 Å². The van der Waals surface area contributed by atoms with Crippen LogP contribution in [0.15, 0.2) is 53.7 Å². The normalized spacial score (nSPS) is 20.2. The standard InChI is InChI=1S/C20H23N3O5S/c24-20(22-12-16-14-27-18-5-1-2-6-19(18)28-16)15-7-10-23(11-8-15)29(25,26)17-4-3-9-21-13-17/h1-6,9,13,15-16H,7-8,10-12,14H2,(H,22,24). The van der Waals surface area contributed by atoms with Crippen LogP contribution >= 0.6 is 0 Å². The van der Waals surface area contributed by atoms with E-state index in [-0.39, 0.29) is 22.8 Å². The van der Waals surface area contributed by atoms with E-state index in [9.17, 15) is 13.2 Å². The number of piperidine rings is 1. The molecule has 154 valence electrons. The number of sulfonamides is 1. The lowest BCUT2D eigenvalue weighted by molar-refractivity contribution is -0.126. The van der Waals surface area contributed by atoms with Crippen LogP contribution in [0.4, 0.5) is 0 Å². The predicted molar refractivity (Wildman–Crippen MR) is 105 cm³/mol. The van der Waals surface area contributed by atoms with Crippen molar-refractivity contribution in [2.24, 2.45) is 5.92 Å². The number of carbonyl (C=O) groups excluding carboxylic acids is 1. The number of aromatic nitrogens is 1. The Hall–Kier alpha value is -2.65. The zero-order valence-electron chi connectivity index (χ0n) is 15.9. The zero-order chi connectivity index (χ0) is 20.3. The summed E-state index contributed by atoms with van der Waals surface area (Å²) >= 11 is 0. The van der Waals surface area contributed by atoms with E-state index in [1.807, 2.05) is 24.3 Å². The number of amides is 1. The van der Waals surface area contributed by atoms with Crippen LogP contribution in [-0.4, -0.2) is 56.0 Å². The van der Waals surface area contributed by atoms with Crippen molar-refractivity contribution in [1.82, 2.24) is 14.6 Å². The molecule has 1 fully saturated rings. The molecule has 2 aromatic rings. The summed E-state index contributed by atoms with van der Waals surface area (Å²) in [7, 11) is -3.57. The molecule has 1 saturated heterocycles. The maximum Gasteiger partial charge on any atom is 0.244 e. The van der Waals surface area contributed by atoms with Crippen molar-refractivity contribution in [2.75, 3.05) is 26.2 Å². The molecule has 1 N–H and O–H groups in total. The van der Waals surface area contributed by atoms with Gasteiger partial charge in [0, 0.05) is 31.4 Å². The molecule has 3 heterocycles. The zero-order valence-corrected chi connectivity index (χ0v) is 16.7. The SMILES string of the molecule is O=C(NCC1COc2ccccc2O1)C1CCN(S(=O)(=O)c2cccnc2)CC1. The summed E-state index contributed by atoms with van der Waals surface area (Å²) in [6.45, 7) is 1.35. The third-order valence-corrected chi connectivity index (χ3v) is 7.05. The molecule has 8 nitrogen and oxygen atoms in total. The molecule has 0 saturated carbocycles. The van der Waals surface area contributed by atoms with Gasteiger partial charge in [-0.3, -0.25) is 9.78 Å². The van der Waals surface area contributed by atoms with Gasteiger partial charge >= 0.3 is 0 Å². The maximum atomic E-state index is 12.7. The number of rotatable bonds is 5. The van der Waals surface area contributed by atoms with Gasteiger partial charge in [0.05, 0.1) is 6.54 Å².